The number of benzene rings is 1. The lowest BCUT2D eigenvalue weighted by Crippen LogP contribution is -2.27. The van der Waals surface area contributed by atoms with Crippen LogP contribution < -0.4 is 11.1 Å². The van der Waals surface area contributed by atoms with Gasteiger partial charge in [-0.1, -0.05) is 0 Å². The van der Waals surface area contributed by atoms with Crippen molar-refractivity contribution < 1.29 is 19.1 Å². The number of methoxy groups -OCH3 is 1. The van der Waals surface area contributed by atoms with Gasteiger partial charge in [0, 0.05) is 16.4 Å². The second-order valence-corrected chi connectivity index (χ2v) is 7.43. The standard InChI is InChI=1S/C18H19BrN4O4/c1-18(2,3)27-17(25)22-11-5-6-12(19)13(7-11)23-9-10(8-20)14(21)15(23)16(24)26-4/h5-7,9H,21H2,1-4H3,(H,22,25). The summed E-state index contributed by atoms with van der Waals surface area (Å²) in [5.74, 6) is -0.689. The number of nitriles is 1. The fourth-order valence-electron chi connectivity index (χ4n) is 2.30. The molecule has 27 heavy (non-hydrogen) atoms. The first-order chi connectivity index (χ1) is 12.6. The van der Waals surface area contributed by atoms with Crippen LogP contribution in [0.4, 0.5) is 16.2 Å². The number of halogens is 1. The molecule has 1 amide bonds. The van der Waals surface area contributed by atoms with Gasteiger partial charge in [0.05, 0.1) is 24.0 Å². The summed E-state index contributed by atoms with van der Waals surface area (Å²) in [6.07, 6.45) is 0.813. The maximum atomic E-state index is 12.2. The molecule has 0 radical (unpaired) electrons. The predicted molar refractivity (Wildman–Crippen MR) is 104 cm³/mol. The molecule has 2 rings (SSSR count). The molecule has 2 aromatic rings. The third-order valence-corrected chi connectivity index (χ3v) is 4.07. The zero-order valence-corrected chi connectivity index (χ0v) is 16.9. The third-order valence-electron chi connectivity index (χ3n) is 3.39. The van der Waals surface area contributed by atoms with Crippen molar-refractivity contribution in [2.75, 3.05) is 18.2 Å². The maximum absolute atomic E-state index is 12.2. The normalized spacial score (nSPS) is 10.8. The van der Waals surface area contributed by atoms with Crippen molar-refractivity contribution in [3.63, 3.8) is 0 Å². The minimum atomic E-state index is -0.689. The van der Waals surface area contributed by atoms with Crippen LogP contribution in [0.1, 0.15) is 36.8 Å². The van der Waals surface area contributed by atoms with Crippen molar-refractivity contribution in [2.45, 2.75) is 26.4 Å². The fraction of sp³-hybridized carbons (Fsp3) is 0.278. The minimum absolute atomic E-state index is 0.0155. The van der Waals surface area contributed by atoms with Gasteiger partial charge in [0.2, 0.25) is 0 Å². The summed E-state index contributed by atoms with van der Waals surface area (Å²) >= 11 is 3.40. The summed E-state index contributed by atoms with van der Waals surface area (Å²) in [4.78, 5) is 24.1. The van der Waals surface area contributed by atoms with Gasteiger partial charge in [0.1, 0.15) is 11.7 Å². The number of anilines is 2. The first kappa shape index (κ1) is 20.3. The Bertz CT molecular complexity index is 938. The van der Waals surface area contributed by atoms with E-state index in [0.29, 0.717) is 15.8 Å². The molecule has 8 nitrogen and oxygen atoms in total. The van der Waals surface area contributed by atoms with E-state index in [0.717, 1.165) is 0 Å². The minimum Gasteiger partial charge on any atom is -0.464 e. The predicted octanol–water partition coefficient (Wildman–Crippen LogP) is 3.83. The van der Waals surface area contributed by atoms with Crippen LogP contribution in [0.5, 0.6) is 0 Å². The van der Waals surface area contributed by atoms with E-state index in [2.05, 4.69) is 21.2 Å². The van der Waals surface area contributed by atoms with Gasteiger partial charge < -0.3 is 19.8 Å². The zero-order valence-electron chi connectivity index (χ0n) is 15.3. The van der Waals surface area contributed by atoms with Crippen molar-refractivity contribution in [2.24, 2.45) is 0 Å². The lowest BCUT2D eigenvalue weighted by Gasteiger charge is -2.20. The molecule has 3 N–H and O–H groups in total. The van der Waals surface area contributed by atoms with E-state index in [4.69, 9.17) is 15.2 Å². The molecular formula is C18H19BrN4O4. The summed E-state index contributed by atoms with van der Waals surface area (Å²) in [5, 5.41) is 11.9. The fourth-order valence-corrected chi connectivity index (χ4v) is 2.74. The molecule has 0 saturated heterocycles. The number of nitrogens with zero attached hydrogens (tertiary/aromatic N) is 2. The SMILES string of the molecule is COC(=O)c1c(N)c(C#N)cn1-c1cc(NC(=O)OC(C)(C)C)ccc1Br. The molecule has 0 spiro atoms. The van der Waals surface area contributed by atoms with Crippen LogP contribution >= 0.6 is 15.9 Å². The van der Waals surface area contributed by atoms with Gasteiger partial charge >= 0.3 is 12.1 Å². The van der Waals surface area contributed by atoms with Crippen LogP contribution in [0, 0.1) is 11.3 Å². The van der Waals surface area contributed by atoms with Gasteiger partial charge in [-0.25, -0.2) is 9.59 Å². The molecule has 0 aliphatic rings. The molecule has 142 valence electrons. The Morgan fingerprint density at radius 1 is 1.33 bits per heavy atom. The number of nitrogens with one attached hydrogen (secondary N) is 1. The van der Waals surface area contributed by atoms with Crippen molar-refractivity contribution in [1.29, 1.82) is 5.26 Å². The van der Waals surface area contributed by atoms with E-state index in [9.17, 15) is 14.9 Å². The number of amides is 1. The first-order valence-corrected chi connectivity index (χ1v) is 8.66. The van der Waals surface area contributed by atoms with E-state index in [-0.39, 0.29) is 16.9 Å². The Kier molecular flexibility index (Phi) is 5.81. The number of hydrogen-bond donors (Lipinski definition) is 2. The Labute approximate surface area is 165 Å². The van der Waals surface area contributed by atoms with Crippen LogP contribution in [0.15, 0.2) is 28.9 Å². The number of aromatic nitrogens is 1. The number of hydrogen-bond acceptors (Lipinski definition) is 6. The van der Waals surface area contributed by atoms with Crippen LogP contribution in [0.25, 0.3) is 5.69 Å². The maximum Gasteiger partial charge on any atom is 0.412 e. The van der Waals surface area contributed by atoms with Crippen LogP contribution in [0.2, 0.25) is 0 Å². The zero-order chi connectivity index (χ0) is 20.4. The first-order valence-electron chi connectivity index (χ1n) is 7.86. The average Bonchev–Trinajstić information content (AvgIpc) is 2.90. The molecule has 0 unspecified atom stereocenters. The smallest absolute Gasteiger partial charge is 0.412 e. The molecule has 0 fully saturated rings. The van der Waals surface area contributed by atoms with Gasteiger partial charge in [-0.15, -0.1) is 0 Å². The lowest BCUT2D eigenvalue weighted by atomic mass is 10.2. The highest BCUT2D eigenvalue weighted by Crippen LogP contribution is 2.31. The van der Waals surface area contributed by atoms with Crippen molar-refractivity contribution >= 4 is 39.4 Å². The van der Waals surface area contributed by atoms with Crippen LogP contribution in [0.3, 0.4) is 0 Å². The quantitative estimate of drug-likeness (QED) is 0.708. The molecule has 0 bridgehead atoms. The molecule has 9 heteroatoms. The van der Waals surface area contributed by atoms with Gasteiger partial charge in [-0.2, -0.15) is 5.26 Å². The number of rotatable bonds is 3. The summed E-state index contributed by atoms with van der Waals surface area (Å²) in [6, 6.07) is 6.90. The monoisotopic (exact) mass is 434 g/mol. The summed E-state index contributed by atoms with van der Waals surface area (Å²) in [7, 11) is 1.22. The molecule has 1 aromatic carbocycles. The number of carbonyl (C=O) groups excluding carboxylic acids is 2. The van der Waals surface area contributed by atoms with Crippen LogP contribution in [-0.2, 0) is 9.47 Å². The number of carbonyl (C=O) groups is 2. The van der Waals surface area contributed by atoms with Gasteiger partial charge in [0.25, 0.3) is 0 Å². The molecule has 0 aliphatic heterocycles. The highest BCUT2D eigenvalue weighted by atomic mass is 79.9. The average molecular weight is 435 g/mol. The number of nitrogens with two attached hydrogens (primary N) is 1. The number of esters is 1. The second-order valence-electron chi connectivity index (χ2n) is 6.57. The van der Waals surface area contributed by atoms with E-state index in [1.807, 2.05) is 6.07 Å². The Morgan fingerprint density at radius 3 is 2.56 bits per heavy atom. The van der Waals surface area contributed by atoms with E-state index in [1.165, 1.54) is 17.9 Å². The number of ether oxygens (including phenoxy) is 2. The van der Waals surface area contributed by atoms with Gasteiger partial charge in [-0.3, -0.25) is 5.32 Å². The van der Waals surface area contributed by atoms with Crippen molar-refractivity contribution in [1.82, 2.24) is 4.57 Å². The second kappa shape index (κ2) is 7.72. The lowest BCUT2D eigenvalue weighted by molar-refractivity contribution is 0.0590. The summed E-state index contributed by atoms with van der Waals surface area (Å²) < 4.78 is 12.1. The molecular weight excluding hydrogens is 416 g/mol. The Hall–Kier alpha value is -2.99. The van der Waals surface area contributed by atoms with Crippen LogP contribution in [-0.4, -0.2) is 29.3 Å². The van der Waals surface area contributed by atoms with Crippen molar-refractivity contribution in [3.05, 3.63) is 40.1 Å². The van der Waals surface area contributed by atoms with E-state index in [1.54, 1.807) is 39.0 Å². The highest BCUT2D eigenvalue weighted by molar-refractivity contribution is 9.10. The number of nitrogen functional groups attached to an aromatic ring is 1. The highest BCUT2D eigenvalue weighted by Gasteiger charge is 2.23. The Morgan fingerprint density at radius 2 is 2.00 bits per heavy atom. The van der Waals surface area contributed by atoms with Gasteiger partial charge in [-0.05, 0) is 54.9 Å². The summed E-state index contributed by atoms with van der Waals surface area (Å²) in [5.41, 5.74) is 6.36. The Balaban J connectivity index is 2.50. The molecule has 1 aromatic heterocycles. The van der Waals surface area contributed by atoms with E-state index >= 15 is 0 Å². The molecule has 0 aliphatic carbocycles. The molecule has 0 atom stereocenters. The van der Waals surface area contributed by atoms with Gasteiger partial charge in [0.15, 0.2) is 5.69 Å². The van der Waals surface area contributed by atoms with Crippen molar-refractivity contribution in [3.8, 4) is 11.8 Å². The third kappa shape index (κ3) is 4.60. The topological polar surface area (TPSA) is 119 Å². The summed E-state index contributed by atoms with van der Waals surface area (Å²) in [6.45, 7) is 5.27. The van der Waals surface area contributed by atoms with E-state index < -0.39 is 17.7 Å². The molecule has 0 saturated carbocycles. The molecule has 1 heterocycles. The largest absolute Gasteiger partial charge is 0.464 e.